The summed E-state index contributed by atoms with van der Waals surface area (Å²) in [7, 11) is 0. The predicted molar refractivity (Wildman–Crippen MR) is 77.7 cm³/mol. The Morgan fingerprint density at radius 1 is 1.42 bits per heavy atom. The van der Waals surface area contributed by atoms with E-state index >= 15 is 0 Å². The minimum absolute atomic E-state index is 0.00571. The molecule has 6 heteroatoms. The average Bonchev–Trinajstić information content (AvgIpc) is 2.79. The maximum Gasteiger partial charge on any atom is 0.254 e. The number of carbonyl (C=O) groups excluding carboxylic acids is 1. The fourth-order valence-electron chi connectivity index (χ4n) is 1.65. The van der Waals surface area contributed by atoms with Crippen LogP contribution in [0.3, 0.4) is 0 Å². The quantitative estimate of drug-likeness (QED) is 0.601. The van der Waals surface area contributed by atoms with Gasteiger partial charge in [0.05, 0.1) is 15.9 Å². The van der Waals surface area contributed by atoms with E-state index in [0.29, 0.717) is 10.0 Å². The Labute approximate surface area is 119 Å². The number of anilines is 1. The zero-order chi connectivity index (χ0) is 14.0. The first kappa shape index (κ1) is 13.7. The van der Waals surface area contributed by atoms with Gasteiger partial charge in [0.1, 0.15) is 5.75 Å². The van der Waals surface area contributed by atoms with Crippen LogP contribution in [0, 0.1) is 0 Å². The number of carbonyl (C=O) groups is 1. The van der Waals surface area contributed by atoms with Gasteiger partial charge in [-0.25, -0.2) is 0 Å². The number of hydrogen-bond donors (Lipinski definition) is 3. The monoisotopic (exact) mass is 296 g/mol. The van der Waals surface area contributed by atoms with E-state index in [0.717, 1.165) is 4.88 Å². The average molecular weight is 297 g/mol. The summed E-state index contributed by atoms with van der Waals surface area (Å²) in [6.07, 6.45) is 0. The van der Waals surface area contributed by atoms with Crippen LogP contribution in [0.25, 0.3) is 0 Å². The first-order valence-corrected chi connectivity index (χ1v) is 6.81. The second-order valence-corrected chi connectivity index (χ2v) is 5.86. The number of nitrogen functional groups attached to an aromatic ring is 1. The molecule has 19 heavy (non-hydrogen) atoms. The molecule has 0 radical (unpaired) electrons. The SMILES string of the molecule is CC(NC(=O)c1cc(O)ccc1N)c1ccc(Cl)s1. The molecular weight excluding hydrogens is 284 g/mol. The van der Waals surface area contributed by atoms with Crippen LogP contribution in [0.5, 0.6) is 5.75 Å². The Morgan fingerprint density at radius 2 is 2.16 bits per heavy atom. The molecule has 1 heterocycles. The first-order chi connectivity index (χ1) is 8.97. The Balaban J connectivity index is 2.15. The Bertz CT molecular complexity index is 612. The molecule has 0 aliphatic carbocycles. The van der Waals surface area contributed by atoms with Crippen LogP contribution in [-0.4, -0.2) is 11.0 Å². The Morgan fingerprint density at radius 3 is 2.79 bits per heavy atom. The fourth-order valence-corrected chi connectivity index (χ4v) is 2.71. The smallest absolute Gasteiger partial charge is 0.254 e. The number of rotatable bonds is 3. The van der Waals surface area contributed by atoms with Crippen molar-refractivity contribution >= 4 is 34.5 Å². The normalized spacial score (nSPS) is 12.1. The number of nitrogens with one attached hydrogen (secondary N) is 1. The van der Waals surface area contributed by atoms with Gasteiger partial charge >= 0.3 is 0 Å². The van der Waals surface area contributed by atoms with E-state index in [4.69, 9.17) is 17.3 Å². The standard InChI is InChI=1S/C13H13ClN2O2S/c1-7(11-4-5-12(14)19-11)16-13(18)9-6-8(17)2-3-10(9)15/h2-7,17H,15H2,1H3,(H,16,18). The molecule has 2 aromatic rings. The van der Waals surface area contributed by atoms with Gasteiger partial charge < -0.3 is 16.2 Å². The maximum atomic E-state index is 12.1. The van der Waals surface area contributed by atoms with Crippen LogP contribution in [0.15, 0.2) is 30.3 Å². The molecule has 1 amide bonds. The van der Waals surface area contributed by atoms with Gasteiger partial charge in [-0.05, 0) is 37.3 Å². The third kappa shape index (κ3) is 3.19. The van der Waals surface area contributed by atoms with Crippen LogP contribution in [0.1, 0.15) is 28.2 Å². The highest BCUT2D eigenvalue weighted by molar-refractivity contribution is 7.16. The lowest BCUT2D eigenvalue weighted by molar-refractivity contribution is 0.0941. The zero-order valence-corrected chi connectivity index (χ0v) is 11.8. The van der Waals surface area contributed by atoms with E-state index in [-0.39, 0.29) is 23.3 Å². The molecular formula is C13H13ClN2O2S. The molecule has 0 bridgehead atoms. The van der Waals surface area contributed by atoms with Gasteiger partial charge in [0.2, 0.25) is 0 Å². The summed E-state index contributed by atoms with van der Waals surface area (Å²) in [6, 6.07) is 7.76. The van der Waals surface area contributed by atoms with E-state index in [1.54, 1.807) is 6.07 Å². The molecule has 0 fully saturated rings. The van der Waals surface area contributed by atoms with Crippen molar-refractivity contribution in [2.75, 3.05) is 5.73 Å². The molecule has 4 N–H and O–H groups in total. The number of hydrogen-bond acceptors (Lipinski definition) is 4. The van der Waals surface area contributed by atoms with Crippen molar-refractivity contribution in [2.45, 2.75) is 13.0 Å². The van der Waals surface area contributed by atoms with Crippen molar-refractivity contribution < 1.29 is 9.90 Å². The second kappa shape index (κ2) is 5.50. The lowest BCUT2D eigenvalue weighted by atomic mass is 10.1. The highest BCUT2D eigenvalue weighted by atomic mass is 35.5. The van der Waals surface area contributed by atoms with Gasteiger partial charge in [-0.15, -0.1) is 11.3 Å². The summed E-state index contributed by atoms with van der Waals surface area (Å²) in [6.45, 7) is 1.86. The van der Waals surface area contributed by atoms with Gasteiger partial charge in [0.15, 0.2) is 0 Å². The second-order valence-electron chi connectivity index (χ2n) is 4.11. The largest absolute Gasteiger partial charge is 0.508 e. The van der Waals surface area contributed by atoms with Gasteiger partial charge in [-0.1, -0.05) is 11.6 Å². The van der Waals surface area contributed by atoms with Crippen LogP contribution in [0.4, 0.5) is 5.69 Å². The molecule has 1 aromatic carbocycles. The Hall–Kier alpha value is -1.72. The summed E-state index contributed by atoms with van der Waals surface area (Å²) < 4.78 is 0.674. The number of benzene rings is 1. The highest BCUT2D eigenvalue weighted by Crippen LogP contribution is 2.27. The summed E-state index contributed by atoms with van der Waals surface area (Å²) in [5, 5.41) is 12.2. The lowest BCUT2D eigenvalue weighted by Crippen LogP contribution is -2.26. The van der Waals surface area contributed by atoms with Crippen LogP contribution in [0.2, 0.25) is 4.34 Å². The topological polar surface area (TPSA) is 75.3 Å². The van der Waals surface area contributed by atoms with Crippen LogP contribution < -0.4 is 11.1 Å². The van der Waals surface area contributed by atoms with Crippen molar-refractivity contribution in [2.24, 2.45) is 0 Å². The number of nitrogens with two attached hydrogens (primary N) is 1. The van der Waals surface area contributed by atoms with Crippen molar-refractivity contribution in [3.63, 3.8) is 0 Å². The van der Waals surface area contributed by atoms with E-state index in [9.17, 15) is 9.90 Å². The number of thiophene rings is 1. The van der Waals surface area contributed by atoms with Crippen molar-refractivity contribution in [1.82, 2.24) is 5.32 Å². The number of halogens is 1. The molecule has 0 aliphatic rings. The molecule has 1 aromatic heterocycles. The van der Waals surface area contributed by atoms with E-state index in [1.807, 2.05) is 13.0 Å². The van der Waals surface area contributed by atoms with Crippen molar-refractivity contribution in [3.05, 3.63) is 45.1 Å². The van der Waals surface area contributed by atoms with Crippen molar-refractivity contribution in [1.29, 1.82) is 0 Å². The summed E-state index contributed by atoms with van der Waals surface area (Å²) >= 11 is 7.27. The number of aromatic hydroxyl groups is 1. The number of phenolic OH excluding ortho intramolecular Hbond substituents is 1. The van der Waals surface area contributed by atoms with Gasteiger partial charge in [0, 0.05) is 10.6 Å². The summed E-state index contributed by atoms with van der Waals surface area (Å²) in [4.78, 5) is 13.0. The van der Waals surface area contributed by atoms with Gasteiger partial charge in [0.25, 0.3) is 5.91 Å². The molecule has 0 saturated carbocycles. The minimum atomic E-state index is -0.328. The molecule has 0 saturated heterocycles. The Kier molecular flexibility index (Phi) is 3.97. The maximum absolute atomic E-state index is 12.1. The highest BCUT2D eigenvalue weighted by Gasteiger charge is 2.15. The predicted octanol–water partition coefficient (Wildman–Crippen LogP) is 3.18. The summed E-state index contributed by atoms with van der Waals surface area (Å²) in [5.74, 6) is -0.323. The number of amides is 1. The van der Waals surface area contributed by atoms with Gasteiger partial charge in [-0.2, -0.15) is 0 Å². The molecule has 1 unspecified atom stereocenters. The molecule has 4 nitrogen and oxygen atoms in total. The molecule has 100 valence electrons. The van der Waals surface area contributed by atoms with E-state index in [1.165, 1.54) is 29.5 Å². The third-order valence-electron chi connectivity index (χ3n) is 2.65. The van der Waals surface area contributed by atoms with E-state index in [2.05, 4.69) is 5.32 Å². The van der Waals surface area contributed by atoms with E-state index < -0.39 is 0 Å². The molecule has 2 rings (SSSR count). The van der Waals surface area contributed by atoms with Crippen LogP contribution >= 0.6 is 22.9 Å². The summed E-state index contributed by atoms with van der Waals surface area (Å²) in [5.41, 5.74) is 6.30. The third-order valence-corrected chi connectivity index (χ3v) is 4.06. The molecule has 0 aliphatic heterocycles. The van der Waals surface area contributed by atoms with Crippen molar-refractivity contribution in [3.8, 4) is 5.75 Å². The van der Waals surface area contributed by atoms with Crippen LogP contribution in [-0.2, 0) is 0 Å². The number of phenols is 1. The molecule has 0 spiro atoms. The fraction of sp³-hybridized carbons (Fsp3) is 0.154. The minimum Gasteiger partial charge on any atom is -0.508 e. The van der Waals surface area contributed by atoms with Gasteiger partial charge in [-0.3, -0.25) is 4.79 Å². The molecule has 1 atom stereocenters. The zero-order valence-electron chi connectivity index (χ0n) is 10.2. The lowest BCUT2D eigenvalue weighted by Gasteiger charge is -2.13. The first-order valence-electron chi connectivity index (χ1n) is 5.62.